The Balaban J connectivity index is 2.02. The standard InChI is InChI=1S/C19H21ClN2O/c1-13-6-8-14(9-7-13)16-11-22(2)12-17-15(16)4-3-5-18(17)21-19(23)10-20/h3-9,16H,10-12H2,1-2H3,(H,21,23). The molecule has 0 spiro atoms. The maximum Gasteiger partial charge on any atom is 0.239 e. The number of anilines is 1. The Morgan fingerprint density at radius 2 is 2.00 bits per heavy atom. The molecule has 0 radical (unpaired) electrons. The summed E-state index contributed by atoms with van der Waals surface area (Å²) in [6.07, 6.45) is 0. The van der Waals surface area contributed by atoms with Crippen LogP contribution in [0, 0.1) is 6.92 Å². The first-order valence-electron chi connectivity index (χ1n) is 7.81. The predicted molar refractivity (Wildman–Crippen MR) is 95.1 cm³/mol. The van der Waals surface area contributed by atoms with E-state index >= 15 is 0 Å². The van der Waals surface area contributed by atoms with Gasteiger partial charge in [-0.25, -0.2) is 0 Å². The lowest BCUT2D eigenvalue weighted by Gasteiger charge is -2.34. The maximum absolute atomic E-state index is 11.7. The molecule has 0 saturated heterocycles. The van der Waals surface area contributed by atoms with Crippen molar-refractivity contribution in [1.29, 1.82) is 0 Å². The Labute approximate surface area is 142 Å². The molecule has 23 heavy (non-hydrogen) atoms. The third kappa shape index (κ3) is 3.41. The number of halogens is 1. The minimum absolute atomic E-state index is 0.0269. The van der Waals surface area contributed by atoms with Crippen LogP contribution < -0.4 is 5.32 Å². The SMILES string of the molecule is Cc1ccc(C2CN(C)Cc3c(NC(=O)CCl)cccc32)cc1. The van der Waals surface area contributed by atoms with E-state index in [0.717, 1.165) is 18.8 Å². The molecule has 0 aliphatic carbocycles. The van der Waals surface area contributed by atoms with Gasteiger partial charge in [-0.3, -0.25) is 4.79 Å². The number of nitrogens with zero attached hydrogens (tertiary/aromatic N) is 1. The van der Waals surface area contributed by atoms with Crippen LogP contribution in [0.25, 0.3) is 0 Å². The van der Waals surface area contributed by atoms with E-state index in [1.54, 1.807) is 0 Å². The summed E-state index contributed by atoms with van der Waals surface area (Å²) in [6, 6.07) is 14.8. The number of hydrogen-bond donors (Lipinski definition) is 1. The van der Waals surface area contributed by atoms with E-state index in [9.17, 15) is 4.79 Å². The lowest BCUT2D eigenvalue weighted by atomic mass is 9.84. The molecule has 2 aromatic rings. The Kier molecular flexibility index (Phi) is 4.69. The number of benzene rings is 2. The predicted octanol–water partition coefficient (Wildman–Crippen LogP) is 3.75. The van der Waals surface area contributed by atoms with E-state index in [1.165, 1.54) is 22.3 Å². The van der Waals surface area contributed by atoms with Gasteiger partial charge in [0.05, 0.1) is 0 Å². The van der Waals surface area contributed by atoms with Crippen molar-refractivity contribution in [1.82, 2.24) is 4.90 Å². The van der Waals surface area contributed by atoms with Crippen molar-refractivity contribution in [3.05, 3.63) is 64.7 Å². The molecule has 1 amide bonds. The first kappa shape index (κ1) is 16.0. The third-order valence-corrected chi connectivity index (χ3v) is 4.63. The monoisotopic (exact) mass is 328 g/mol. The van der Waals surface area contributed by atoms with Gasteiger partial charge in [-0.05, 0) is 36.7 Å². The molecule has 120 valence electrons. The molecule has 0 aromatic heterocycles. The van der Waals surface area contributed by atoms with Crippen LogP contribution in [-0.2, 0) is 11.3 Å². The summed E-state index contributed by atoms with van der Waals surface area (Å²) in [4.78, 5) is 14.0. The Bertz CT molecular complexity index is 712. The van der Waals surface area contributed by atoms with Crippen molar-refractivity contribution in [2.75, 3.05) is 24.8 Å². The van der Waals surface area contributed by atoms with Crippen LogP contribution in [0.5, 0.6) is 0 Å². The Morgan fingerprint density at radius 1 is 1.26 bits per heavy atom. The van der Waals surface area contributed by atoms with Crippen molar-refractivity contribution in [3.63, 3.8) is 0 Å². The number of carbonyl (C=O) groups is 1. The molecule has 3 rings (SSSR count). The number of fused-ring (bicyclic) bond motifs is 1. The average molecular weight is 329 g/mol. The van der Waals surface area contributed by atoms with Crippen molar-refractivity contribution in [3.8, 4) is 0 Å². The molecule has 1 unspecified atom stereocenters. The normalized spacial score (nSPS) is 17.6. The van der Waals surface area contributed by atoms with Crippen LogP contribution in [0.4, 0.5) is 5.69 Å². The quantitative estimate of drug-likeness (QED) is 0.870. The molecule has 1 N–H and O–H groups in total. The average Bonchev–Trinajstić information content (AvgIpc) is 2.55. The molecular weight excluding hydrogens is 308 g/mol. The van der Waals surface area contributed by atoms with E-state index in [4.69, 9.17) is 11.6 Å². The molecule has 4 heteroatoms. The number of carbonyl (C=O) groups excluding carboxylic acids is 1. The number of nitrogens with one attached hydrogen (secondary N) is 1. The van der Waals surface area contributed by atoms with Gasteiger partial charge in [0.15, 0.2) is 0 Å². The Morgan fingerprint density at radius 3 is 2.70 bits per heavy atom. The molecule has 0 fully saturated rings. The Hall–Kier alpha value is -1.84. The number of amides is 1. The van der Waals surface area contributed by atoms with Gasteiger partial charge < -0.3 is 10.2 Å². The zero-order valence-electron chi connectivity index (χ0n) is 13.5. The fraction of sp³-hybridized carbons (Fsp3) is 0.316. The number of rotatable bonds is 3. The second-order valence-corrected chi connectivity index (χ2v) is 6.48. The van der Waals surface area contributed by atoms with Crippen LogP contribution in [0.1, 0.15) is 28.2 Å². The smallest absolute Gasteiger partial charge is 0.239 e. The second kappa shape index (κ2) is 6.73. The van der Waals surface area contributed by atoms with Gasteiger partial charge in [0, 0.05) is 24.7 Å². The number of likely N-dealkylation sites (N-methyl/N-ethyl adjacent to an activating group) is 1. The van der Waals surface area contributed by atoms with Crippen molar-refractivity contribution < 1.29 is 4.79 Å². The zero-order valence-corrected chi connectivity index (χ0v) is 14.2. The summed E-state index contributed by atoms with van der Waals surface area (Å²) in [5, 5.41) is 2.92. The topological polar surface area (TPSA) is 32.3 Å². The molecule has 1 heterocycles. The number of aryl methyl sites for hydroxylation is 1. The van der Waals surface area contributed by atoms with Gasteiger partial charge in [-0.1, -0.05) is 42.0 Å². The largest absolute Gasteiger partial charge is 0.325 e. The molecule has 0 bridgehead atoms. The number of hydrogen-bond acceptors (Lipinski definition) is 2. The maximum atomic E-state index is 11.7. The van der Waals surface area contributed by atoms with E-state index in [0.29, 0.717) is 5.92 Å². The van der Waals surface area contributed by atoms with Gasteiger partial charge in [-0.15, -0.1) is 11.6 Å². The molecule has 1 aliphatic heterocycles. The third-order valence-electron chi connectivity index (χ3n) is 4.39. The van der Waals surface area contributed by atoms with Crippen molar-refractivity contribution >= 4 is 23.2 Å². The first-order chi connectivity index (χ1) is 11.1. The lowest BCUT2D eigenvalue weighted by Crippen LogP contribution is -2.32. The van der Waals surface area contributed by atoms with Crippen LogP contribution in [0.15, 0.2) is 42.5 Å². The molecular formula is C19H21ClN2O. The summed E-state index contributed by atoms with van der Waals surface area (Å²) >= 11 is 5.63. The summed E-state index contributed by atoms with van der Waals surface area (Å²) in [6.45, 7) is 3.91. The highest BCUT2D eigenvalue weighted by Gasteiger charge is 2.26. The van der Waals surface area contributed by atoms with E-state index in [1.807, 2.05) is 12.1 Å². The van der Waals surface area contributed by atoms with Crippen LogP contribution in [0.3, 0.4) is 0 Å². The van der Waals surface area contributed by atoms with Crippen molar-refractivity contribution in [2.45, 2.75) is 19.4 Å². The second-order valence-electron chi connectivity index (χ2n) is 6.22. The van der Waals surface area contributed by atoms with Crippen LogP contribution in [0.2, 0.25) is 0 Å². The lowest BCUT2D eigenvalue weighted by molar-refractivity contribution is -0.113. The van der Waals surface area contributed by atoms with Crippen LogP contribution in [-0.4, -0.2) is 30.3 Å². The summed E-state index contributed by atoms with van der Waals surface area (Å²) in [7, 11) is 2.12. The molecule has 0 saturated carbocycles. The molecule has 1 aliphatic rings. The summed E-state index contributed by atoms with van der Waals surface area (Å²) < 4.78 is 0. The minimum atomic E-state index is -0.167. The first-order valence-corrected chi connectivity index (χ1v) is 8.34. The van der Waals surface area contributed by atoms with Gasteiger partial charge in [0.1, 0.15) is 5.88 Å². The minimum Gasteiger partial charge on any atom is -0.325 e. The van der Waals surface area contributed by atoms with E-state index in [2.05, 4.69) is 54.5 Å². The molecule has 2 aromatic carbocycles. The highest BCUT2D eigenvalue weighted by Crippen LogP contribution is 2.36. The van der Waals surface area contributed by atoms with Gasteiger partial charge in [0.25, 0.3) is 0 Å². The highest BCUT2D eigenvalue weighted by atomic mass is 35.5. The molecule has 3 nitrogen and oxygen atoms in total. The molecule has 1 atom stereocenters. The summed E-state index contributed by atoms with van der Waals surface area (Å²) in [5.74, 6) is 0.123. The van der Waals surface area contributed by atoms with E-state index < -0.39 is 0 Å². The van der Waals surface area contributed by atoms with Crippen LogP contribution >= 0.6 is 11.6 Å². The van der Waals surface area contributed by atoms with Gasteiger partial charge >= 0.3 is 0 Å². The van der Waals surface area contributed by atoms with Crippen molar-refractivity contribution in [2.24, 2.45) is 0 Å². The number of alkyl halides is 1. The van der Waals surface area contributed by atoms with Gasteiger partial charge in [-0.2, -0.15) is 0 Å². The fourth-order valence-corrected chi connectivity index (χ4v) is 3.30. The summed E-state index contributed by atoms with van der Waals surface area (Å²) in [5.41, 5.74) is 5.92. The van der Waals surface area contributed by atoms with Gasteiger partial charge in [0.2, 0.25) is 5.91 Å². The zero-order chi connectivity index (χ0) is 16.4. The van der Waals surface area contributed by atoms with E-state index in [-0.39, 0.29) is 11.8 Å². The highest BCUT2D eigenvalue weighted by molar-refractivity contribution is 6.29. The fourth-order valence-electron chi connectivity index (χ4n) is 3.24.